The largest absolute Gasteiger partial charge is 0.326 e. The highest BCUT2D eigenvalue weighted by molar-refractivity contribution is 5.15. The van der Waals surface area contributed by atoms with Gasteiger partial charge >= 0.3 is 0 Å². The van der Waals surface area contributed by atoms with Gasteiger partial charge in [0.1, 0.15) is 0 Å². The fraction of sp³-hybridized carbons (Fsp3) is 0.500. The summed E-state index contributed by atoms with van der Waals surface area (Å²) in [5.41, 5.74) is 7.36. The van der Waals surface area contributed by atoms with Crippen LogP contribution in [0, 0.1) is 0 Å². The molecule has 1 fully saturated rings. The Bertz CT molecular complexity index is 284. The van der Waals surface area contributed by atoms with E-state index in [9.17, 15) is 0 Å². The molecule has 14 heavy (non-hydrogen) atoms. The highest BCUT2D eigenvalue weighted by Gasteiger charge is 2.27. The van der Waals surface area contributed by atoms with Gasteiger partial charge in [-0.15, -0.1) is 0 Å². The van der Waals surface area contributed by atoms with Crippen molar-refractivity contribution in [1.29, 1.82) is 0 Å². The quantitative estimate of drug-likeness (QED) is 0.767. The Morgan fingerprint density at radius 3 is 2.64 bits per heavy atom. The van der Waals surface area contributed by atoms with Crippen molar-refractivity contribution in [2.75, 3.05) is 6.54 Å². The maximum absolute atomic E-state index is 5.98. The van der Waals surface area contributed by atoms with E-state index in [1.165, 1.54) is 5.56 Å². The fourth-order valence-electron chi connectivity index (χ4n) is 2.07. The molecule has 0 unspecified atom stereocenters. The number of benzene rings is 1. The van der Waals surface area contributed by atoms with Gasteiger partial charge in [0.25, 0.3) is 0 Å². The molecule has 2 heteroatoms. The predicted octanol–water partition coefficient (Wildman–Crippen LogP) is 1.61. The molecule has 1 aromatic carbocycles. The molecule has 0 bridgehead atoms. The first kappa shape index (κ1) is 9.69. The van der Waals surface area contributed by atoms with Gasteiger partial charge in [-0.3, -0.25) is 4.90 Å². The Labute approximate surface area is 85.7 Å². The van der Waals surface area contributed by atoms with E-state index in [-0.39, 0.29) is 0 Å². The average molecular weight is 190 g/mol. The van der Waals surface area contributed by atoms with Crippen LogP contribution in [-0.2, 0) is 6.54 Å². The van der Waals surface area contributed by atoms with E-state index in [1.54, 1.807) is 0 Å². The third kappa shape index (κ3) is 1.97. The van der Waals surface area contributed by atoms with Gasteiger partial charge in [-0.1, -0.05) is 30.3 Å². The molecule has 0 spiro atoms. The van der Waals surface area contributed by atoms with Crippen LogP contribution in [0.4, 0.5) is 0 Å². The summed E-state index contributed by atoms with van der Waals surface area (Å²) in [6.07, 6.45) is 1.13. The molecule has 0 aromatic heterocycles. The number of nitrogens with zero attached hydrogens (tertiary/aromatic N) is 1. The molecule has 1 heterocycles. The van der Waals surface area contributed by atoms with Crippen LogP contribution in [0.3, 0.4) is 0 Å². The lowest BCUT2D eigenvalue weighted by Gasteiger charge is -2.22. The number of likely N-dealkylation sites (tertiary alicyclic amines) is 1. The van der Waals surface area contributed by atoms with Crippen molar-refractivity contribution < 1.29 is 0 Å². The first-order valence-electron chi connectivity index (χ1n) is 5.31. The number of hydrogen-bond acceptors (Lipinski definition) is 2. The van der Waals surface area contributed by atoms with Crippen LogP contribution in [0.1, 0.15) is 18.9 Å². The molecule has 0 amide bonds. The Balaban J connectivity index is 1.99. The Morgan fingerprint density at radius 2 is 2.07 bits per heavy atom. The van der Waals surface area contributed by atoms with Gasteiger partial charge in [-0.05, 0) is 18.9 Å². The Hall–Kier alpha value is -0.860. The van der Waals surface area contributed by atoms with Crippen LogP contribution < -0.4 is 5.73 Å². The van der Waals surface area contributed by atoms with Gasteiger partial charge in [-0.2, -0.15) is 0 Å². The Kier molecular flexibility index (Phi) is 2.85. The molecule has 0 radical (unpaired) electrons. The molecule has 0 saturated carbocycles. The minimum Gasteiger partial charge on any atom is -0.326 e. The van der Waals surface area contributed by atoms with Crippen LogP contribution >= 0.6 is 0 Å². The average Bonchev–Trinajstić information content (AvgIpc) is 2.52. The van der Waals surface area contributed by atoms with E-state index in [1.807, 2.05) is 0 Å². The first-order chi connectivity index (χ1) is 6.77. The second-order valence-corrected chi connectivity index (χ2v) is 4.15. The van der Waals surface area contributed by atoms with Crippen molar-refractivity contribution in [3.63, 3.8) is 0 Å². The molecule has 2 atom stereocenters. The van der Waals surface area contributed by atoms with Gasteiger partial charge < -0.3 is 5.73 Å². The first-order valence-corrected chi connectivity index (χ1v) is 5.31. The molecule has 0 aliphatic carbocycles. The van der Waals surface area contributed by atoms with Crippen molar-refractivity contribution in [2.24, 2.45) is 5.73 Å². The normalized spacial score (nSPS) is 28.1. The van der Waals surface area contributed by atoms with Gasteiger partial charge in [0, 0.05) is 25.2 Å². The molecular formula is C12H18N2. The summed E-state index contributed by atoms with van der Waals surface area (Å²) < 4.78 is 0. The minimum absolute atomic E-state index is 0.360. The lowest BCUT2D eigenvalue weighted by molar-refractivity contribution is 0.252. The minimum atomic E-state index is 0.360. The van der Waals surface area contributed by atoms with E-state index < -0.39 is 0 Å². The maximum atomic E-state index is 5.98. The zero-order valence-corrected chi connectivity index (χ0v) is 8.69. The molecule has 1 saturated heterocycles. The molecule has 76 valence electrons. The van der Waals surface area contributed by atoms with Crippen molar-refractivity contribution in [3.8, 4) is 0 Å². The SMILES string of the molecule is C[C@@H]1[C@H](N)CCN1Cc1ccccc1. The third-order valence-corrected chi connectivity index (χ3v) is 3.17. The lowest BCUT2D eigenvalue weighted by Crippen LogP contribution is -2.36. The summed E-state index contributed by atoms with van der Waals surface area (Å²) in [7, 11) is 0. The molecule has 2 N–H and O–H groups in total. The van der Waals surface area contributed by atoms with Crippen molar-refractivity contribution in [3.05, 3.63) is 35.9 Å². The molecule has 1 aromatic rings. The van der Waals surface area contributed by atoms with Crippen LogP contribution in [0.25, 0.3) is 0 Å². The summed E-state index contributed by atoms with van der Waals surface area (Å²) in [5.74, 6) is 0. The maximum Gasteiger partial charge on any atom is 0.0237 e. The second kappa shape index (κ2) is 4.11. The zero-order chi connectivity index (χ0) is 9.97. The van der Waals surface area contributed by atoms with E-state index in [4.69, 9.17) is 5.73 Å². The van der Waals surface area contributed by atoms with Gasteiger partial charge in [0.15, 0.2) is 0 Å². The standard InChI is InChI=1S/C12H18N2/c1-10-12(13)7-8-14(10)9-11-5-3-2-4-6-11/h2-6,10,12H,7-9,13H2,1H3/t10-,12-/m1/s1. The summed E-state index contributed by atoms with van der Waals surface area (Å²) >= 11 is 0. The highest BCUT2D eigenvalue weighted by atomic mass is 15.2. The van der Waals surface area contributed by atoms with Crippen molar-refractivity contribution in [2.45, 2.75) is 32.0 Å². The topological polar surface area (TPSA) is 29.3 Å². The smallest absolute Gasteiger partial charge is 0.0237 e. The van der Waals surface area contributed by atoms with E-state index in [2.05, 4.69) is 42.2 Å². The van der Waals surface area contributed by atoms with Crippen molar-refractivity contribution >= 4 is 0 Å². The van der Waals surface area contributed by atoms with Gasteiger partial charge in [-0.25, -0.2) is 0 Å². The fourth-order valence-corrected chi connectivity index (χ4v) is 2.07. The molecular weight excluding hydrogens is 172 g/mol. The van der Waals surface area contributed by atoms with Crippen LogP contribution in [0.5, 0.6) is 0 Å². The van der Waals surface area contributed by atoms with Gasteiger partial charge in [0.05, 0.1) is 0 Å². The summed E-state index contributed by atoms with van der Waals surface area (Å²) in [6, 6.07) is 11.5. The van der Waals surface area contributed by atoms with Crippen LogP contribution in [0.15, 0.2) is 30.3 Å². The molecule has 2 rings (SSSR count). The van der Waals surface area contributed by atoms with Crippen LogP contribution in [0.2, 0.25) is 0 Å². The van der Waals surface area contributed by atoms with Crippen molar-refractivity contribution in [1.82, 2.24) is 4.90 Å². The van der Waals surface area contributed by atoms with Crippen LogP contribution in [-0.4, -0.2) is 23.5 Å². The molecule has 2 nitrogen and oxygen atoms in total. The van der Waals surface area contributed by atoms with E-state index in [0.717, 1.165) is 19.5 Å². The summed E-state index contributed by atoms with van der Waals surface area (Å²) in [4.78, 5) is 2.46. The van der Waals surface area contributed by atoms with Gasteiger partial charge in [0.2, 0.25) is 0 Å². The lowest BCUT2D eigenvalue weighted by atomic mass is 10.1. The van der Waals surface area contributed by atoms with E-state index in [0.29, 0.717) is 12.1 Å². The number of nitrogens with two attached hydrogens (primary N) is 1. The highest BCUT2D eigenvalue weighted by Crippen LogP contribution is 2.18. The Morgan fingerprint density at radius 1 is 1.36 bits per heavy atom. The number of rotatable bonds is 2. The second-order valence-electron chi connectivity index (χ2n) is 4.15. The molecule has 1 aliphatic rings. The number of hydrogen-bond donors (Lipinski definition) is 1. The summed E-state index contributed by atoms with van der Waals surface area (Å²) in [5, 5.41) is 0. The molecule has 1 aliphatic heterocycles. The van der Waals surface area contributed by atoms with E-state index >= 15 is 0 Å². The predicted molar refractivity (Wildman–Crippen MR) is 58.9 cm³/mol. The zero-order valence-electron chi connectivity index (χ0n) is 8.69. The summed E-state index contributed by atoms with van der Waals surface area (Å²) in [6.45, 7) is 4.40. The third-order valence-electron chi connectivity index (χ3n) is 3.17. The monoisotopic (exact) mass is 190 g/mol.